The summed E-state index contributed by atoms with van der Waals surface area (Å²) < 4.78 is 10.7. The Labute approximate surface area is 79.5 Å². The van der Waals surface area contributed by atoms with Crippen LogP contribution in [0, 0.1) is 13.0 Å². The Morgan fingerprint density at radius 1 is 1.15 bits per heavy atom. The molecule has 0 spiro atoms. The predicted octanol–water partition coefficient (Wildman–Crippen LogP) is 2.59. The highest BCUT2D eigenvalue weighted by Crippen LogP contribution is 2.22. The topological polar surface area (TPSA) is 18.5 Å². The van der Waals surface area contributed by atoms with Crippen molar-refractivity contribution >= 4 is 0 Å². The van der Waals surface area contributed by atoms with Gasteiger partial charge in [0.05, 0.1) is 19.3 Å². The Morgan fingerprint density at radius 3 is 2.46 bits per heavy atom. The highest BCUT2D eigenvalue weighted by atomic mass is 16.5. The standard InChI is InChI=1S/C11H15O2/c1-4-12-10-7-6-9(3)11(8-10)13-5-2/h6-7H,4-5H2,1-3H3. The van der Waals surface area contributed by atoms with Crippen molar-refractivity contribution in [1.82, 2.24) is 0 Å². The van der Waals surface area contributed by atoms with Crippen LogP contribution in [-0.2, 0) is 0 Å². The fourth-order valence-electron chi connectivity index (χ4n) is 1.06. The van der Waals surface area contributed by atoms with Crippen LogP contribution in [-0.4, -0.2) is 13.2 Å². The molecule has 2 nitrogen and oxygen atoms in total. The molecule has 0 unspecified atom stereocenters. The molecule has 0 bridgehead atoms. The second-order valence-electron chi connectivity index (χ2n) is 2.70. The van der Waals surface area contributed by atoms with Crippen LogP contribution in [0.3, 0.4) is 0 Å². The van der Waals surface area contributed by atoms with Crippen LogP contribution in [0.25, 0.3) is 0 Å². The van der Waals surface area contributed by atoms with Crippen molar-refractivity contribution in [2.75, 3.05) is 13.2 Å². The lowest BCUT2D eigenvalue weighted by atomic mass is 10.2. The van der Waals surface area contributed by atoms with Crippen LogP contribution < -0.4 is 9.47 Å². The van der Waals surface area contributed by atoms with Gasteiger partial charge in [-0.3, -0.25) is 0 Å². The molecular weight excluding hydrogens is 164 g/mol. The van der Waals surface area contributed by atoms with Gasteiger partial charge in [0, 0.05) is 0 Å². The van der Waals surface area contributed by atoms with Crippen LogP contribution in [0.1, 0.15) is 19.4 Å². The number of hydrogen-bond donors (Lipinski definition) is 0. The minimum Gasteiger partial charge on any atom is -0.493 e. The Balaban J connectivity index is 2.83. The van der Waals surface area contributed by atoms with Gasteiger partial charge in [0.25, 0.3) is 0 Å². The van der Waals surface area contributed by atoms with E-state index in [1.165, 1.54) is 0 Å². The van der Waals surface area contributed by atoms with E-state index in [-0.39, 0.29) is 0 Å². The van der Waals surface area contributed by atoms with Crippen LogP contribution >= 0.6 is 0 Å². The molecule has 0 saturated carbocycles. The van der Waals surface area contributed by atoms with E-state index in [2.05, 4.69) is 6.07 Å². The molecule has 1 rings (SSSR count). The molecule has 1 radical (unpaired) electrons. The van der Waals surface area contributed by atoms with Crippen LogP contribution in [0.2, 0.25) is 0 Å². The molecule has 0 atom stereocenters. The molecule has 13 heavy (non-hydrogen) atoms. The summed E-state index contributed by atoms with van der Waals surface area (Å²) in [5, 5.41) is 0. The first kappa shape index (κ1) is 9.90. The van der Waals surface area contributed by atoms with E-state index in [4.69, 9.17) is 9.47 Å². The zero-order chi connectivity index (χ0) is 9.68. The monoisotopic (exact) mass is 179 g/mol. The second kappa shape index (κ2) is 4.75. The quantitative estimate of drug-likeness (QED) is 0.707. The van der Waals surface area contributed by atoms with Gasteiger partial charge in [-0.05, 0) is 32.4 Å². The molecule has 0 amide bonds. The first-order valence-corrected chi connectivity index (χ1v) is 4.56. The number of ether oxygens (including phenoxy) is 2. The maximum absolute atomic E-state index is 5.39. The minimum absolute atomic E-state index is 0.658. The first-order chi connectivity index (χ1) is 6.27. The van der Waals surface area contributed by atoms with E-state index < -0.39 is 0 Å². The fraction of sp³-hybridized carbons (Fsp3) is 0.455. The summed E-state index contributed by atoms with van der Waals surface area (Å²) in [6, 6.07) is 6.95. The molecule has 71 valence electrons. The average Bonchev–Trinajstić information content (AvgIpc) is 2.12. The van der Waals surface area contributed by atoms with Gasteiger partial charge in [-0.1, -0.05) is 6.07 Å². The number of benzene rings is 1. The van der Waals surface area contributed by atoms with E-state index in [0.29, 0.717) is 13.2 Å². The van der Waals surface area contributed by atoms with Gasteiger partial charge in [-0.2, -0.15) is 0 Å². The summed E-state index contributed by atoms with van der Waals surface area (Å²) in [6.45, 7) is 7.23. The van der Waals surface area contributed by atoms with Crippen molar-refractivity contribution in [3.63, 3.8) is 0 Å². The summed E-state index contributed by atoms with van der Waals surface area (Å²) in [4.78, 5) is 0. The van der Waals surface area contributed by atoms with Gasteiger partial charge in [0.15, 0.2) is 0 Å². The molecule has 0 fully saturated rings. The smallest absolute Gasteiger partial charge is 0.134 e. The molecule has 0 heterocycles. The van der Waals surface area contributed by atoms with Crippen molar-refractivity contribution in [2.24, 2.45) is 0 Å². The van der Waals surface area contributed by atoms with Gasteiger partial charge >= 0.3 is 0 Å². The third kappa shape index (κ3) is 2.65. The minimum atomic E-state index is 0.658. The average molecular weight is 179 g/mol. The highest BCUT2D eigenvalue weighted by Gasteiger charge is 2.01. The largest absolute Gasteiger partial charge is 0.493 e. The molecule has 2 heteroatoms. The lowest BCUT2D eigenvalue weighted by Crippen LogP contribution is -1.96. The van der Waals surface area contributed by atoms with Gasteiger partial charge < -0.3 is 9.47 Å². The van der Waals surface area contributed by atoms with E-state index in [0.717, 1.165) is 17.1 Å². The molecule has 0 aromatic heterocycles. The van der Waals surface area contributed by atoms with Gasteiger partial charge in [-0.15, -0.1) is 0 Å². The van der Waals surface area contributed by atoms with Crippen molar-refractivity contribution in [3.8, 4) is 11.5 Å². The molecule has 0 saturated heterocycles. The van der Waals surface area contributed by atoms with E-state index in [1.54, 1.807) is 0 Å². The Bertz CT molecular complexity index is 269. The summed E-state index contributed by atoms with van der Waals surface area (Å²) >= 11 is 0. The number of hydrogen-bond acceptors (Lipinski definition) is 2. The maximum Gasteiger partial charge on any atom is 0.134 e. The van der Waals surface area contributed by atoms with Crippen molar-refractivity contribution in [2.45, 2.75) is 20.8 Å². The molecule has 0 aliphatic heterocycles. The van der Waals surface area contributed by atoms with E-state index >= 15 is 0 Å². The van der Waals surface area contributed by atoms with Crippen LogP contribution in [0.5, 0.6) is 11.5 Å². The second-order valence-corrected chi connectivity index (χ2v) is 2.70. The summed E-state index contributed by atoms with van der Waals surface area (Å²) in [5.41, 5.74) is 1.09. The third-order valence-corrected chi connectivity index (χ3v) is 1.67. The van der Waals surface area contributed by atoms with Gasteiger partial charge in [0.1, 0.15) is 11.5 Å². The van der Waals surface area contributed by atoms with Crippen molar-refractivity contribution in [1.29, 1.82) is 0 Å². The SMILES string of the molecule is CCOc1[c]c(OCC)c(C)cc1. The molecule has 1 aromatic rings. The zero-order valence-corrected chi connectivity index (χ0v) is 8.39. The lowest BCUT2D eigenvalue weighted by Gasteiger charge is -2.08. The molecule has 0 aliphatic rings. The fourth-order valence-corrected chi connectivity index (χ4v) is 1.06. The van der Waals surface area contributed by atoms with Crippen LogP contribution in [0.4, 0.5) is 0 Å². The summed E-state index contributed by atoms with van der Waals surface area (Å²) in [5.74, 6) is 1.53. The zero-order valence-electron chi connectivity index (χ0n) is 8.39. The van der Waals surface area contributed by atoms with Gasteiger partial charge in [0.2, 0.25) is 0 Å². The normalized spacial score (nSPS) is 9.77. The molecular formula is C11H15O2. The van der Waals surface area contributed by atoms with Gasteiger partial charge in [-0.25, -0.2) is 0 Å². The lowest BCUT2D eigenvalue weighted by molar-refractivity contribution is 0.320. The Hall–Kier alpha value is -1.18. The van der Waals surface area contributed by atoms with Crippen molar-refractivity contribution in [3.05, 3.63) is 23.8 Å². The van der Waals surface area contributed by atoms with Crippen molar-refractivity contribution < 1.29 is 9.47 Å². The van der Waals surface area contributed by atoms with E-state index in [9.17, 15) is 0 Å². The summed E-state index contributed by atoms with van der Waals surface area (Å²) in [7, 11) is 0. The number of rotatable bonds is 4. The molecule has 0 aliphatic carbocycles. The maximum atomic E-state index is 5.39. The molecule has 0 N–H and O–H groups in total. The summed E-state index contributed by atoms with van der Waals surface area (Å²) in [6.07, 6.45) is 0. The van der Waals surface area contributed by atoms with E-state index in [1.807, 2.05) is 32.9 Å². The Kier molecular flexibility index (Phi) is 3.62. The Morgan fingerprint density at radius 2 is 1.85 bits per heavy atom. The number of aryl methyl sites for hydroxylation is 1. The molecule has 1 aromatic carbocycles. The van der Waals surface area contributed by atoms with Crippen LogP contribution in [0.15, 0.2) is 12.1 Å². The third-order valence-electron chi connectivity index (χ3n) is 1.67. The first-order valence-electron chi connectivity index (χ1n) is 4.56. The highest BCUT2D eigenvalue weighted by molar-refractivity contribution is 5.38. The predicted molar refractivity (Wildman–Crippen MR) is 52.4 cm³/mol.